The first-order valence-corrected chi connectivity index (χ1v) is 10.7. The number of methoxy groups -OCH3 is 1. The van der Waals surface area contributed by atoms with Gasteiger partial charge in [0.05, 0.1) is 11.6 Å². The summed E-state index contributed by atoms with van der Waals surface area (Å²) >= 11 is 4.85. The molecule has 4 nitrogen and oxygen atoms in total. The third kappa shape index (κ3) is 5.99. The first-order chi connectivity index (χ1) is 11.8. The minimum atomic E-state index is -4.98. The standard InChI is InChI=1S/C16H16BrF2O4PS/c1-22-13-4-2-3-11(7-13)9-25-10-12-5-6-15(14(17)8-12)23-24(20,21)16(18)19/h2-8,16H,9-10H2,1H3,(H,20,21). The highest BCUT2D eigenvalue weighted by atomic mass is 79.9. The molecule has 2 aromatic rings. The van der Waals surface area contributed by atoms with Crippen LogP contribution in [-0.2, 0) is 16.1 Å². The number of hydrogen-bond acceptors (Lipinski definition) is 4. The van der Waals surface area contributed by atoms with E-state index in [-0.39, 0.29) is 5.75 Å². The smallest absolute Gasteiger partial charge is 0.442 e. The van der Waals surface area contributed by atoms with Gasteiger partial charge in [-0.15, -0.1) is 0 Å². The maximum atomic E-state index is 12.4. The molecular weight excluding hydrogens is 437 g/mol. The van der Waals surface area contributed by atoms with E-state index in [4.69, 9.17) is 9.63 Å². The van der Waals surface area contributed by atoms with Crippen LogP contribution in [0.1, 0.15) is 11.1 Å². The fourth-order valence-electron chi connectivity index (χ4n) is 1.94. The summed E-state index contributed by atoms with van der Waals surface area (Å²) < 4.78 is 46.2. The number of ether oxygens (including phenoxy) is 1. The zero-order valence-corrected chi connectivity index (χ0v) is 16.5. The van der Waals surface area contributed by atoms with Gasteiger partial charge in [0.15, 0.2) is 0 Å². The summed E-state index contributed by atoms with van der Waals surface area (Å²) in [6.07, 6.45) is -3.45. The van der Waals surface area contributed by atoms with E-state index >= 15 is 0 Å². The Hall–Kier alpha value is -1.08. The Morgan fingerprint density at radius 3 is 2.48 bits per heavy atom. The number of thioether (sulfide) groups is 1. The van der Waals surface area contributed by atoms with Crippen molar-refractivity contribution in [2.45, 2.75) is 17.7 Å². The average molecular weight is 453 g/mol. The summed E-state index contributed by atoms with van der Waals surface area (Å²) in [6, 6.07) is 12.5. The van der Waals surface area contributed by atoms with Gasteiger partial charge in [-0.05, 0) is 51.3 Å². The first kappa shape index (κ1) is 20.2. The van der Waals surface area contributed by atoms with Gasteiger partial charge in [0.1, 0.15) is 11.5 Å². The summed E-state index contributed by atoms with van der Waals surface area (Å²) in [5.41, 5.74) is 2.05. The van der Waals surface area contributed by atoms with E-state index in [1.54, 1.807) is 31.0 Å². The highest BCUT2D eigenvalue weighted by Crippen LogP contribution is 2.50. The van der Waals surface area contributed by atoms with Crippen LogP contribution in [0.3, 0.4) is 0 Å². The summed E-state index contributed by atoms with van der Waals surface area (Å²) in [7, 11) is -3.36. The molecule has 25 heavy (non-hydrogen) atoms. The molecule has 0 aliphatic heterocycles. The minimum Gasteiger partial charge on any atom is -0.497 e. The Bertz CT molecular complexity index is 776. The molecule has 2 aromatic carbocycles. The van der Waals surface area contributed by atoms with Crippen LogP contribution in [0.15, 0.2) is 46.9 Å². The zero-order chi connectivity index (χ0) is 18.4. The minimum absolute atomic E-state index is 0.0901. The van der Waals surface area contributed by atoms with E-state index in [1.807, 2.05) is 24.3 Å². The van der Waals surface area contributed by atoms with Crippen LogP contribution in [0.5, 0.6) is 11.5 Å². The lowest BCUT2D eigenvalue weighted by Gasteiger charge is -2.14. The summed E-state index contributed by atoms with van der Waals surface area (Å²) in [6.45, 7) is 0. The van der Waals surface area contributed by atoms with Crippen LogP contribution in [0.2, 0.25) is 0 Å². The summed E-state index contributed by atoms with van der Waals surface area (Å²) in [5, 5.41) is 0. The second-order valence-corrected chi connectivity index (χ2v) is 8.58. The van der Waals surface area contributed by atoms with Crippen LogP contribution in [0, 0.1) is 0 Å². The van der Waals surface area contributed by atoms with Crippen LogP contribution >= 0.6 is 35.3 Å². The molecule has 136 valence electrons. The van der Waals surface area contributed by atoms with Crippen molar-refractivity contribution in [1.29, 1.82) is 0 Å². The van der Waals surface area contributed by atoms with Crippen LogP contribution in [0.25, 0.3) is 0 Å². The predicted molar refractivity (Wildman–Crippen MR) is 98.6 cm³/mol. The van der Waals surface area contributed by atoms with Crippen LogP contribution in [0.4, 0.5) is 8.78 Å². The number of hydrogen-bond donors (Lipinski definition) is 1. The molecule has 1 atom stereocenters. The van der Waals surface area contributed by atoms with E-state index in [9.17, 15) is 13.3 Å². The van der Waals surface area contributed by atoms with Gasteiger partial charge in [0, 0.05) is 11.5 Å². The van der Waals surface area contributed by atoms with Gasteiger partial charge in [-0.3, -0.25) is 0 Å². The van der Waals surface area contributed by atoms with Gasteiger partial charge < -0.3 is 14.2 Å². The molecule has 0 radical (unpaired) electrons. The zero-order valence-electron chi connectivity index (χ0n) is 13.2. The van der Waals surface area contributed by atoms with E-state index in [1.165, 1.54) is 6.07 Å². The Kier molecular flexibility index (Phi) is 7.31. The number of rotatable bonds is 8. The molecule has 0 saturated carbocycles. The number of benzene rings is 2. The van der Waals surface area contributed by atoms with Crippen molar-refractivity contribution >= 4 is 35.3 Å². The molecule has 0 bridgehead atoms. The number of alkyl halides is 2. The highest BCUT2D eigenvalue weighted by molar-refractivity contribution is 9.10. The molecule has 0 spiro atoms. The van der Waals surface area contributed by atoms with E-state index in [0.717, 1.165) is 22.6 Å². The van der Waals surface area contributed by atoms with Gasteiger partial charge in [-0.1, -0.05) is 18.2 Å². The molecule has 1 N–H and O–H groups in total. The van der Waals surface area contributed by atoms with E-state index in [2.05, 4.69) is 20.5 Å². The molecule has 0 aliphatic carbocycles. The number of halogens is 3. The molecule has 0 saturated heterocycles. The van der Waals surface area contributed by atoms with Crippen LogP contribution < -0.4 is 9.26 Å². The maximum absolute atomic E-state index is 12.4. The molecule has 0 heterocycles. The third-order valence-corrected chi connectivity index (χ3v) is 5.79. The van der Waals surface area contributed by atoms with Crippen molar-refractivity contribution in [3.05, 3.63) is 58.1 Å². The maximum Gasteiger partial charge on any atom is 0.442 e. The van der Waals surface area contributed by atoms with Crippen LogP contribution in [-0.4, -0.2) is 18.2 Å². The quantitative estimate of drug-likeness (QED) is 0.522. The fourth-order valence-corrected chi connectivity index (χ4v) is 4.02. The topological polar surface area (TPSA) is 55.8 Å². The largest absolute Gasteiger partial charge is 0.497 e. The predicted octanol–water partition coefficient (Wildman–Crippen LogP) is 5.68. The second-order valence-electron chi connectivity index (χ2n) is 5.04. The van der Waals surface area contributed by atoms with Gasteiger partial charge in [-0.2, -0.15) is 20.5 Å². The average Bonchev–Trinajstić information content (AvgIpc) is 2.57. The van der Waals surface area contributed by atoms with Crippen molar-refractivity contribution in [1.82, 2.24) is 0 Å². The normalized spacial score (nSPS) is 13.5. The molecule has 2 rings (SSSR count). The fraction of sp³-hybridized carbons (Fsp3) is 0.250. The molecule has 0 amide bonds. The summed E-state index contributed by atoms with van der Waals surface area (Å²) in [5.74, 6) is 2.17. The first-order valence-electron chi connectivity index (χ1n) is 7.11. The van der Waals surface area contributed by atoms with Crippen molar-refractivity contribution in [2.75, 3.05) is 7.11 Å². The second kappa shape index (κ2) is 9.03. The lowest BCUT2D eigenvalue weighted by molar-refractivity contribution is 0.188. The van der Waals surface area contributed by atoms with Crippen molar-refractivity contribution < 1.29 is 27.5 Å². The van der Waals surface area contributed by atoms with Gasteiger partial charge in [0.2, 0.25) is 0 Å². The van der Waals surface area contributed by atoms with E-state index < -0.39 is 13.8 Å². The Labute approximate surface area is 157 Å². The van der Waals surface area contributed by atoms with E-state index in [0.29, 0.717) is 10.2 Å². The SMILES string of the molecule is COc1cccc(CSCc2ccc(OP(=O)(O)C(F)F)c(Br)c2)c1. The highest BCUT2D eigenvalue weighted by Gasteiger charge is 2.34. The van der Waals surface area contributed by atoms with Crippen molar-refractivity contribution in [2.24, 2.45) is 0 Å². The molecule has 9 heteroatoms. The van der Waals surface area contributed by atoms with Crippen molar-refractivity contribution in [3.8, 4) is 11.5 Å². The molecule has 0 fully saturated rings. The molecule has 0 aromatic heterocycles. The van der Waals surface area contributed by atoms with Gasteiger partial charge in [0.25, 0.3) is 0 Å². The Morgan fingerprint density at radius 2 is 1.88 bits per heavy atom. The Morgan fingerprint density at radius 1 is 1.20 bits per heavy atom. The van der Waals surface area contributed by atoms with Crippen molar-refractivity contribution in [3.63, 3.8) is 0 Å². The lowest BCUT2D eigenvalue weighted by Crippen LogP contribution is -2.01. The monoisotopic (exact) mass is 452 g/mol. The molecule has 1 unspecified atom stereocenters. The Balaban J connectivity index is 1.95. The van der Waals surface area contributed by atoms with Gasteiger partial charge >= 0.3 is 13.8 Å². The van der Waals surface area contributed by atoms with Gasteiger partial charge in [-0.25, -0.2) is 4.57 Å². The molecular formula is C16H16BrF2O4PS. The third-order valence-electron chi connectivity index (χ3n) is 3.14. The molecule has 0 aliphatic rings. The summed E-state index contributed by atoms with van der Waals surface area (Å²) in [4.78, 5) is 9.10. The lowest BCUT2D eigenvalue weighted by atomic mass is 10.2.